The molecule has 1 aromatic carbocycles. The number of carbonyl (C=O) groups excluding carboxylic acids is 1. The van der Waals surface area contributed by atoms with Crippen LogP contribution in [0.25, 0.3) is 21.7 Å². The Morgan fingerprint density at radius 2 is 2.04 bits per heavy atom. The molecule has 0 saturated heterocycles. The summed E-state index contributed by atoms with van der Waals surface area (Å²) in [6, 6.07) is 14.3. The largest absolute Gasteiger partial charge is 0.463 e. The van der Waals surface area contributed by atoms with Gasteiger partial charge in [-0.1, -0.05) is 23.5 Å². The number of amides is 1. The van der Waals surface area contributed by atoms with Crippen LogP contribution in [0.2, 0.25) is 0 Å². The quantitative estimate of drug-likeness (QED) is 0.553. The van der Waals surface area contributed by atoms with Crippen molar-refractivity contribution < 1.29 is 9.21 Å². The van der Waals surface area contributed by atoms with Gasteiger partial charge in [-0.3, -0.25) is 9.59 Å². The second-order valence-electron chi connectivity index (χ2n) is 5.90. The zero-order chi connectivity index (χ0) is 18.6. The Morgan fingerprint density at radius 3 is 2.85 bits per heavy atom. The summed E-state index contributed by atoms with van der Waals surface area (Å²) in [5.74, 6) is 0.460. The number of anilines is 1. The first kappa shape index (κ1) is 17.2. The minimum Gasteiger partial charge on any atom is -0.463 e. The highest BCUT2D eigenvalue weighted by Gasteiger charge is 2.09. The molecule has 0 fully saturated rings. The number of benzene rings is 1. The van der Waals surface area contributed by atoms with Crippen LogP contribution in [0.15, 0.2) is 64.0 Å². The van der Waals surface area contributed by atoms with Crippen molar-refractivity contribution >= 4 is 32.6 Å². The molecule has 4 rings (SSSR count). The van der Waals surface area contributed by atoms with Gasteiger partial charge in [-0.25, -0.2) is 9.67 Å². The Balaban J connectivity index is 1.36. The maximum Gasteiger partial charge on any atom is 0.266 e. The molecule has 0 aliphatic heterocycles. The molecule has 1 N–H and O–H groups in total. The third-order valence-corrected chi connectivity index (χ3v) is 4.91. The molecule has 3 aromatic heterocycles. The number of hydrogen-bond acceptors (Lipinski definition) is 6. The molecular formula is C19H16N4O3S. The van der Waals surface area contributed by atoms with E-state index in [-0.39, 0.29) is 17.9 Å². The average Bonchev–Trinajstić information content (AvgIpc) is 3.32. The zero-order valence-electron chi connectivity index (χ0n) is 14.3. The van der Waals surface area contributed by atoms with Crippen molar-refractivity contribution in [1.82, 2.24) is 14.8 Å². The molecule has 1 amide bonds. The van der Waals surface area contributed by atoms with Crippen molar-refractivity contribution in [3.05, 3.63) is 65.1 Å². The van der Waals surface area contributed by atoms with Crippen molar-refractivity contribution in [2.75, 3.05) is 5.32 Å². The molecule has 0 radical (unpaired) electrons. The van der Waals surface area contributed by atoms with E-state index in [0.717, 1.165) is 10.2 Å². The maximum atomic E-state index is 12.2. The zero-order valence-corrected chi connectivity index (χ0v) is 15.1. The van der Waals surface area contributed by atoms with Gasteiger partial charge in [0.15, 0.2) is 10.9 Å². The number of carbonyl (C=O) groups is 1. The molecule has 27 heavy (non-hydrogen) atoms. The van der Waals surface area contributed by atoms with E-state index < -0.39 is 0 Å². The summed E-state index contributed by atoms with van der Waals surface area (Å²) in [5, 5.41) is 7.68. The second-order valence-corrected chi connectivity index (χ2v) is 6.93. The Bertz CT molecular complexity index is 1100. The van der Waals surface area contributed by atoms with Gasteiger partial charge < -0.3 is 9.73 Å². The molecule has 3 heterocycles. The molecule has 0 bridgehead atoms. The van der Waals surface area contributed by atoms with Gasteiger partial charge in [0.1, 0.15) is 5.69 Å². The predicted molar refractivity (Wildman–Crippen MR) is 104 cm³/mol. The van der Waals surface area contributed by atoms with Crippen LogP contribution in [0.5, 0.6) is 0 Å². The fraction of sp³-hybridized carbons (Fsp3) is 0.158. The molecule has 4 aromatic rings. The van der Waals surface area contributed by atoms with Crippen LogP contribution >= 0.6 is 11.3 Å². The van der Waals surface area contributed by atoms with Crippen molar-refractivity contribution in [1.29, 1.82) is 0 Å². The summed E-state index contributed by atoms with van der Waals surface area (Å²) in [4.78, 5) is 28.5. The average molecular weight is 380 g/mol. The number of aromatic nitrogens is 3. The van der Waals surface area contributed by atoms with Crippen LogP contribution in [-0.2, 0) is 11.3 Å². The molecule has 0 spiro atoms. The van der Waals surface area contributed by atoms with Crippen LogP contribution in [0, 0.1) is 0 Å². The van der Waals surface area contributed by atoms with Crippen molar-refractivity contribution in [2.45, 2.75) is 19.4 Å². The van der Waals surface area contributed by atoms with Crippen LogP contribution in [0.4, 0.5) is 5.13 Å². The number of hydrogen-bond donors (Lipinski definition) is 1. The Morgan fingerprint density at radius 1 is 1.15 bits per heavy atom. The van der Waals surface area contributed by atoms with E-state index in [1.807, 2.05) is 24.3 Å². The Kier molecular flexibility index (Phi) is 4.80. The number of aryl methyl sites for hydroxylation is 1. The van der Waals surface area contributed by atoms with Crippen LogP contribution < -0.4 is 10.9 Å². The van der Waals surface area contributed by atoms with Crippen molar-refractivity contribution in [2.24, 2.45) is 0 Å². The summed E-state index contributed by atoms with van der Waals surface area (Å²) in [6.07, 6.45) is 2.32. The Hall–Kier alpha value is -3.26. The van der Waals surface area contributed by atoms with E-state index in [0.29, 0.717) is 29.6 Å². The molecule has 0 saturated carbocycles. The fourth-order valence-corrected chi connectivity index (χ4v) is 3.54. The van der Waals surface area contributed by atoms with Gasteiger partial charge in [0, 0.05) is 19.0 Å². The highest BCUT2D eigenvalue weighted by Crippen LogP contribution is 2.25. The van der Waals surface area contributed by atoms with Gasteiger partial charge in [0.2, 0.25) is 5.91 Å². The van der Waals surface area contributed by atoms with E-state index in [9.17, 15) is 9.59 Å². The standard InChI is InChI=1S/C19H16N4O3S/c24-17(21-19-20-14-5-1-2-7-16(14)27-19)8-3-11-23-18(25)10-9-13(22-23)15-6-4-12-26-15/h1-2,4-7,9-10,12H,3,8,11H2,(H,20,21,24). The number of thiazole rings is 1. The van der Waals surface area contributed by atoms with Gasteiger partial charge in [-0.15, -0.1) is 0 Å². The lowest BCUT2D eigenvalue weighted by Gasteiger charge is -2.06. The first-order valence-electron chi connectivity index (χ1n) is 8.46. The van der Waals surface area contributed by atoms with Gasteiger partial charge in [-0.05, 0) is 36.8 Å². The molecule has 0 unspecified atom stereocenters. The SMILES string of the molecule is O=C(CCCn1nc(-c2ccco2)ccc1=O)Nc1nc2ccccc2s1. The Labute approximate surface area is 158 Å². The van der Waals surface area contributed by atoms with Crippen molar-refractivity contribution in [3.8, 4) is 11.5 Å². The lowest BCUT2D eigenvalue weighted by atomic mass is 10.3. The van der Waals surface area contributed by atoms with Crippen molar-refractivity contribution in [3.63, 3.8) is 0 Å². The lowest BCUT2D eigenvalue weighted by Crippen LogP contribution is -2.23. The van der Waals surface area contributed by atoms with E-state index in [1.165, 1.54) is 22.1 Å². The fourth-order valence-electron chi connectivity index (χ4n) is 2.66. The minimum absolute atomic E-state index is 0.135. The third kappa shape index (κ3) is 3.95. The monoisotopic (exact) mass is 380 g/mol. The smallest absolute Gasteiger partial charge is 0.266 e. The highest BCUT2D eigenvalue weighted by atomic mass is 32.1. The van der Waals surface area contributed by atoms with Crippen LogP contribution in [0.3, 0.4) is 0 Å². The summed E-state index contributed by atoms with van der Waals surface area (Å²) in [5.41, 5.74) is 1.23. The van der Waals surface area contributed by atoms with Crippen LogP contribution in [0.1, 0.15) is 12.8 Å². The number of para-hydroxylation sites is 1. The molecule has 0 atom stereocenters. The number of rotatable bonds is 6. The molecule has 0 aliphatic rings. The summed E-state index contributed by atoms with van der Waals surface area (Å²) >= 11 is 1.44. The third-order valence-electron chi connectivity index (χ3n) is 3.95. The number of fused-ring (bicyclic) bond motifs is 1. The van der Waals surface area contributed by atoms with Crippen LogP contribution in [-0.4, -0.2) is 20.7 Å². The minimum atomic E-state index is -0.211. The first-order chi connectivity index (χ1) is 13.2. The molecular weight excluding hydrogens is 364 g/mol. The van der Waals surface area contributed by atoms with Gasteiger partial charge in [0.25, 0.3) is 5.56 Å². The lowest BCUT2D eigenvalue weighted by molar-refractivity contribution is -0.116. The molecule has 7 nitrogen and oxygen atoms in total. The summed E-state index contributed by atoms with van der Waals surface area (Å²) in [6.45, 7) is 0.348. The van der Waals surface area contributed by atoms with E-state index >= 15 is 0 Å². The summed E-state index contributed by atoms with van der Waals surface area (Å²) in [7, 11) is 0. The maximum absolute atomic E-state index is 12.2. The van der Waals surface area contributed by atoms with Gasteiger partial charge >= 0.3 is 0 Å². The second kappa shape index (κ2) is 7.55. The molecule has 136 valence electrons. The number of nitrogens with one attached hydrogen (secondary N) is 1. The number of nitrogens with zero attached hydrogens (tertiary/aromatic N) is 3. The van der Waals surface area contributed by atoms with E-state index in [1.54, 1.807) is 24.5 Å². The first-order valence-corrected chi connectivity index (χ1v) is 9.28. The van der Waals surface area contributed by atoms with Gasteiger partial charge in [0.05, 0.1) is 16.5 Å². The number of furan rings is 1. The molecule has 8 heteroatoms. The normalized spacial score (nSPS) is 11.0. The molecule has 0 aliphatic carbocycles. The predicted octanol–water partition coefficient (Wildman–Crippen LogP) is 3.53. The topological polar surface area (TPSA) is 90.0 Å². The van der Waals surface area contributed by atoms with E-state index in [4.69, 9.17) is 4.42 Å². The van der Waals surface area contributed by atoms with Gasteiger partial charge in [-0.2, -0.15) is 5.10 Å². The van der Waals surface area contributed by atoms with E-state index in [2.05, 4.69) is 15.4 Å². The summed E-state index contributed by atoms with van der Waals surface area (Å²) < 4.78 is 7.68. The highest BCUT2D eigenvalue weighted by molar-refractivity contribution is 7.22.